The second-order valence-corrected chi connectivity index (χ2v) is 6.53. The molecule has 4 heteroatoms. The molecule has 0 aliphatic carbocycles. The Labute approximate surface area is 127 Å². The number of hydrogen-bond donors (Lipinski definition) is 2. The standard InChI is InChI=1S/C17H26N2O2/c1-13(2)11-21-15-7-4-6-14(10-15)19-16(20)17(3)8-5-9-18-12-17/h4,6-7,10,13,18H,5,8-9,11-12H2,1-3H3,(H,19,20). The molecule has 2 rings (SSSR count). The van der Waals surface area contributed by atoms with Gasteiger partial charge >= 0.3 is 0 Å². The minimum absolute atomic E-state index is 0.0794. The molecule has 1 saturated heterocycles. The van der Waals surface area contributed by atoms with Gasteiger partial charge in [-0.2, -0.15) is 0 Å². The minimum Gasteiger partial charge on any atom is -0.493 e. The van der Waals surface area contributed by atoms with E-state index in [2.05, 4.69) is 24.5 Å². The zero-order valence-corrected chi connectivity index (χ0v) is 13.2. The van der Waals surface area contributed by atoms with Crippen LogP contribution in [-0.4, -0.2) is 25.6 Å². The first kappa shape index (κ1) is 15.8. The smallest absolute Gasteiger partial charge is 0.231 e. The summed E-state index contributed by atoms with van der Waals surface area (Å²) in [4.78, 5) is 12.5. The molecule has 1 aliphatic rings. The molecule has 1 heterocycles. The lowest BCUT2D eigenvalue weighted by Crippen LogP contribution is -2.46. The van der Waals surface area contributed by atoms with E-state index >= 15 is 0 Å². The van der Waals surface area contributed by atoms with E-state index in [1.807, 2.05) is 31.2 Å². The molecule has 2 N–H and O–H groups in total. The normalized spacial score (nSPS) is 22.1. The van der Waals surface area contributed by atoms with E-state index in [1.165, 1.54) is 0 Å². The van der Waals surface area contributed by atoms with Gasteiger partial charge < -0.3 is 15.4 Å². The molecule has 1 fully saturated rings. The first-order valence-electron chi connectivity index (χ1n) is 7.75. The highest BCUT2D eigenvalue weighted by Crippen LogP contribution is 2.28. The van der Waals surface area contributed by atoms with Crippen LogP contribution in [0.4, 0.5) is 5.69 Å². The summed E-state index contributed by atoms with van der Waals surface area (Å²) >= 11 is 0. The minimum atomic E-state index is -0.326. The summed E-state index contributed by atoms with van der Waals surface area (Å²) < 4.78 is 5.70. The summed E-state index contributed by atoms with van der Waals surface area (Å²) in [5, 5.41) is 6.32. The van der Waals surface area contributed by atoms with Crippen molar-refractivity contribution in [3.05, 3.63) is 24.3 Å². The maximum absolute atomic E-state index is 12.5. The van der Waals surface area contributed by atoms with Gasteiger partial charge in [0, 0.05) is 18.3 Å². The van der Waals surface area contributed by atoms with Crippen molar-refractivity contribution in [1.82, 2.24) is 5.32 Å². The number of nitrogens with one attached hydrogen (secondary N) is 2. The van der Waals surface area contributed by atoms with Gasteiger partial charge in [0.15, 0.2) is 0 Å². The van der Waals surface area contributed by atoms with Crippen LogP contribution in [0.2, 0.25) is 0 Å². The molecule has 0 radical (unpaired) electrons. The monoisotopic (exact) mass is 290 g/mol. The molecule has 1 aromatic carbocycles. The van der Waals surface area contributed by atoms with Crippen molar-refractivity contribution in [2.45, 2.75) is 33.6 Å². The summed E-state index contributed by atoms with van der Waals surface area (Å²) in [7, 11) is 0. The number of ether oxygens (including phenoxy) is 1. The van der Waals surface area contributed by atoms with Crippen LogP contribution in [0.3, 0.4) is 0 Å². The average molecular weight is 290 g/mol. The molecular formula is C17H26N2O2. The summed E-state index contributed by atoms with van der Waals surface area (Å²) in [6, 6.07) is 7.62. The molecule has 1 aliphatic heterocycles. The van der Waals surface area contributed by atoms with Crippen molar-refractivity contribution in [3.8, 4) is 5.75 Å². The summed E-state index contributed by atoms with van der Waals surface area (Å²) in [6.07, 6.45) is 1.97. The van der Waals surface area contributed by atoms with Gasteiger partial charge in [-0.25, -0.2) is 0 Å². The van der Waals surface area contributed by atoms with Crippen molar-refractivity contribution in [2.75, 3.05) is 25.0 Å². The van der Waals surface area contributed by atoms with Crippen LogP contribution in [0.1, 0.15) is 33.6 Å². The molecule has 1 unspecified atom stereocenters. The van der Waals surface area contributed by atoms with Gasteiger partial charge in [0.2, 0.25) is 5.91 Å². The first-order valence-corrected chi connectivity index (χ1v) is 7.75. The predicted molar refractivity (Wildman–Crippen MR) is 85.6 cm³/mol. The molecule has 1 amide bonds. The zero-order chi connectivity index (χ0) is 15.3. The predicted octanol–water partition coefficient (Wildman–Crippen LogP) is 3.05. The maximum atomic E-state index is 12.5. The van der Waals surface area contributed by atoms with E-state index in [-0.39, 0.29) is 11.3 Å². The Hall–Kier alpha value is -1.55. The number of carbonyl (C=O) groups excluding carboxylic acids is 1. The van der Waals surface area contributed by atoms with Crippen LogP contribution in [-0.2, 0) is 4.79 Å². The second-order valence-electron chi connectivity index (χ2n) is 6.53. The lowest BCUT2D eigenvalue weighted by molar-refractivity contribution is -0.125. The fourth-order valence-electron chi connectivity index (χ4n) is 2.46. The Morgan fingerprint density at radius 1 is 1.48 bits per heavy atom. The highest BCUT2D eigenvalue weighted by molar-refractivity contribution is 5.95. The Balaban J connectivity index is 1.98. The van der Waals surface area contributed by atoms with Gasteiger partial charge in [-0.3, -0.25) is 4.79 Å². The number of anilines is 1. The fourth-order valence-corrected chi connectivity index (χ4v) is 2.46. The van der Waals surface area contributed by atoms with Gasteiger partial charge in [-0.1, -0.05) is 19.9 Å². The first-order chi connectivity index (χ1) is 9.99. The van der Waals surface area contributed by atoms with Crippen LogP contribution in [0.5, 0.6) is 5.75 Å². The fraction of sp³-hybridized carbons (Fsp3) is 0.588. The molecular weight excluding hydrogens is 264 g/mol. The van der Waals surface area contributed by atoms with E-state index in [1.54, 1.807) is 0 Å². The van der Waals surface area contributed by atoms with Gasteiger partial charge in [0.05, 0.1) is 12.0 Å². The lowest BCUT2D eigenvalue weighted by Gasteiger charge is -2.32. The summed E-state index contributed by atoms with van der Waals surface area (Å²) in [5.74, 6) is 1.36. The Kier molecular flexibility index (Phi) is 5.23. The third-order valence-electron chi connectivity index (χ3n) is 3.82. The van der Waals surface area contributed by atoms with Crippen molar-refractivity contribution in [1.29, 1.82) is 0 Å². The molecule has 0 saturated carbocycles. The number of rotatable bonds is 5. The van der Waals surface area contributed by atoms with Crippen LogP contribution in [0, 0.1) is 11.3 Å². The molecule has 0 bridgehead atoms. The molecule has 1 aromatic rings. The van der Waals surface area contributed by atoms with E-state index in [0.717, 1.165) is 37.4 Å². The van der Waals surface area contributed by atoms with E-state index in [0.29, 0.717) is 12.5 Å². The number of hydrogen-bond acceptors (Lipinski definition) is 3. The third kappa shape index (κ3) is 4.46. The van der Waals surface area contributed by atoms with E-state index in [9.17, 15) is 4.79 Å². The third-order valence-corrected chi connectivity index (χ3v) is 3.82. The Morgan fingerprint density at radius 2 is 2.29 bits per heavy atom. The van der Waals surface area contributed by atoms with Crippen molar-refractivity contribution < 1.29 is 9.53 Å². The summed E-state index contributed by atoms with van der Waals surface area (Å²) in [6.45, 7) is 8.67. The number of piperidine rings is 1. The molecule has 116 valence electrons. The number of amides is 1. The Bertz CT molecular complexity index is 479. The quantitative estimate of drug-likeness (QED) is 0.876. The van der Waals surface area contributed by atoms with Gasteiger partial charge in [0.1, 0.15) is 5.75 Å². The van der Waals surface area contributed by atoms with Gasteiger partial charge in [-0.05, 0) is 44.4 Å². The average Bonchev–Trinajstić information content (AvgIpc) is 2.46. The number of benzene rings is 1. The highest BCUT2D eigenvalue weighted by Gasteiger charge is 2.34. The zero-order valence-electron chi connectivity index (χ0n) is 13.2. The molecule has 1 atom stereocenters. The summed E-state index contributed by atoms with van der Waals surface area (Å²) in [5.41, 5.74) is 0.473. The number of carbonyl (C=O) groups is 1. The molecule has 0 aromatic heterocycles. The van der Waals surface area contributed by atoms with Crippen molar-refractivity contribution >= 4 is 11.6 Å². The van der Waals surface area contributed by atoms with E-state index < -0.39 is 0 Å². The van der Waals surface area contributed by atoms with Crippen LogP contribution in [0.25, 0.3) is 0 Å². The van der Waals surface area contributed by atoms with Crippen molar-refractivity contribution in [2.24, 2.45) is 11.3 Å². The van der Waals surface area contributed by atoms with Gasteiger partial charge in [-0.15, -0.1) is 0 Å². The second kappa shape index (κ2) is 6.94. The van der Waals surface area contributed by atoms with E-state index in [4.69, 9.17) is 4.74 Å². The molecule has 0 spiro atoms. The largest absolute Gasteiger partial charge is 0.493 e. The van der Waals surface area contributed by atoms with Crippen LogP contribution < -0.4 is 15.4 Å². The molecule has 21 heavy (non-hydrogen) atoms. The SMILES string of the molecule is CC(C)COc1cccc(NC(=O)C2(C)CCCNC2)c1. The lowest BCUT2D eigenvalue weighted by atomic mass is 9.82. The maximum Gasteiger partial charge on any atom is 0.231 e. The Morgan fingerprint density at radius 3 is 2.95 bits per heavy atom. The van der Waals surface area contributed by atoms with Crippen molar-refractivity contribution in [3.63, 3.8) is 0 Å². The molecule has 4 nitrogen and oxygen atoms in total. The van der Waals surface area contributed by atoms with Crippen LogP contribution >= 0.6 is 0 Å². The highest BCUT2D eigenvalue weighted by atomic mass is 16.5. The van der Waals surface area contributed by atoms with Crippen LogP contribution in [0.15, 0.2) is 24.3 Å². The van der Waals surface area contributed by atoms with Gasteiger partial charge in [0.25, 0.3) is 0 Å². The topological polar surface area (TPSA) is 50.4 Å².